The molecule has 0 saturated carbocycles. The Morgan fingerprint density at radius 1 is 1.00 bits per heavy atom. The van der Waals surface area contributed by atoms with Gasteiger partial charge in [0.15, 0.2) is 5.11 Å². The van der Waals surface area contributed by atoms with Gasteiger partial charge in [-0.25, -0.2) is 0 Å². The number of nitrogens with one attached hydrogen (secondary N) is 2. The fraction of sp³-hybridized carbons (Fsp3) is 0.562. The smallest absolute Gasteiger partial charge is 0.170 e. The Morgan fingerprint density at radius 2 is 1.68 bits per heavy atom. The van der Waals surface area contributed by atoms with Gasteiger partial charge >= 0.3 is 0 Å². The predicted octanol–water partition coefficient (Wildman–Crippen LogP) is 4.51. The Labute approximate surface area is 123 Å². The summed E-state index contributed by atoms with van der Waals surface area (Å²) < 4.78 is 0. The van der Waals surface area contributed by atoms with Crippen LogP contribution in [0.3, 0.4) is 0 Å². The largest absolute Gasteiger partial charge is 0.362 e. The van der Waals surface area contributed by atoms with Gasteiger partial charge in [0.2, 0.25) is 0 Å². The van der Waals surface area contributed by atoms with Crippen molar-refractivity contribution in [2.24, 2.45) is 0 Å². The number of anilines is 1. The minimum atomic E-state index is 0.722. The zero-order valence-electron chi connectivity index (χ0n) is 12.2. The Balaban J connectivity index is 2.16. The van der Waals surface area contributed by atoms with E-state index in [0.29, 0.717) is 0 Å². The molecule has 19 heavy (non-hydrogen) atoms. The van der Waals surface area contributed by atoms with Crippen molar-refractivity contribution in [1.29, 1.82) is 0 Å². The van der Waals surface area contributed by atoms with E-state index in [0.717, 1.165) is 23.8 Å². The molecule has 3 heteroatoms. The molecule has 0 saturated heterocycles. The number of unbranched alkanes of at least 4 members (excludes halogenated alkanes) is 4. The molecule has 0 aliphatic carbocycles. The van der Waals surface area contributed by atoms with Gasteiger partial charge in [0, 0.05) is 12.2 Å². The van der Waals surface area contributed by atoms with Gasteiger partial charge in [-0.2, -0.15) is 0 Å². The van der Waals surface area contributed by atoms with Crippen LogP contribution in [0.4, 0.5) is 5.69 Å². The van der Waals surface area contributed by atoms with Crippen LogP contribution in [-0.4, -0.2) is 11.7 Å². The lowest BCUT2D eigenvalue weighted by molar-refractivity contribution is 0.625. The van der Waals surface area contributed by atoms with Crippen LogP contribution in [0, 0.1) is 0 Å². The first-order chi connectivity index (χ1) is 9.26. The fourth-order valence-corrected chi connectivity index (χ4v) is 2.15. The van der Waals surface area contributed by atoms with E-state index in [1.165, 1.54) is 37.7 Å². The highest BCUT2D eigenvalue weighted by molar-refractivity contribution is 7.80. The molecule has 0 aromatic heterocycles. The van der Waals surface area contributed by atoms with Gasteiger partial charge < -0.3 is 10.6 Å². The van der Waals surface area contributed by atoms with E-state index in [4.69, 9.17) is 12.2 Å². The van der Waals surface area contributed by atoms with Gasteiger partial charge in [0.05, 0.1) is 0 Å². The topological polar surface area (TPSA) is 24.1 Å². The summed E-state index contributed by atoms with van der Waals surface area (Å²) in [6.45, 7) is 5.36. The van der Waals surface area contributed by atoms with Crippen LogP contribution in [0.25, 0.3) is 0 Å². The summed E-state index contributed by atoms with van der Waals surface area (Å²) in [5.41, 5.74) is 2.40. The molecular weight excluding hydrogens is 252 g/mol. The third kappa shape index (κ3) is 7.16. The summed E-state index contributed by atoms with van der Waals surface area (Å²) in [6.07, 6.45) is 7.51. The van der Waals surface area contributed by atoms with Gasteiger partial charge in [0.1, 0.15) is 0 Å². The van der Waals surface area contributed by atoms with Crippen LogP contribution in [-0.2, 0) is 6.42 Å². The second-order valence-corrected chi connectivity index (χ2v) is 5.25. The Kier molecular flexibility index (Phi) is 8.23. The molecule has 0 atom stereocenters. The molecule has 0 aliphatic rings. The normalized spacial score (nSPS) is 10.2. The first kappa shape index (κ1) is 16.0. The van der Waals surface area contributed by atoms with Crippen LogP contribution in [0.2, 0.25) is 0 Å². The highest BCUT2D eigenvalue weighted by Crippen LogP contribution is 2.09. The molecule has 0 radical (unpaired) electrons. The number of aryl methyl sites for hydroxylation is 1. The van der Waals surface area contributed by atoms with E-state index < -0.39 is 0 Å². The third-order valence-electron chi connectivity index (χ3n) is 3.19. The standard InChI is InChI=1S/C16H26N2S/c1-3-5-6-7-8-13-17-16(19)18-15-11-9-14(4-2)10-12-15/h9-12H,3-8,13H2,1-2H3,(H2,17,18,19). The first-order valence-electron chi connectivity index (χ1n) is 7.40. The number of benzene rings is 1. The molecule has 1 aromatic rings. The van der Waals surface area contributed by atoms with Crippen molar-refractivity contribution in [2.45, 2.75) is 52.4 Å². The quantitative estimate of drug-likeness (QED) is 0.540. The van der Waals surface area contributed by atoms with E-state index in [-0.39, 0.29) is 0 Å². The molecule has 0 amide bonds. The average molecular weight is 278 g/mol. The molecule has 0 bridgehead atoms. The summed E-state index contributed by atoms with van der Waals surface area (Å²) in [5.74, 6) is 0. The monoisotopic (exact) mass is 278 g/mol. The molecule has 2 nitrogen and oxygen atoms in total. The lowest BCUT2D eigenvalue weighted by atomic mass is 10.1. The maximum Gasteiger partial charge on any atom is 0.170 e. The lowest BCUT2D eigenvalue weighted by Gasteiger charge is -2.10. The lowest BCUT2D eigenvalue weighted by Crippen LogP contribution is -2.29. The van der Waals surface area contributed by atoms with Crippen molar-refractivity contribution in [3.8, 4) is 0 Å². The SMILES string of the molecule is CCCCCCCNC(=S)Nc1ccc(CC)cc1. The number of hydrogen-bond acceptors (Lipinski definition) is 1. The number of rotatable bonds is 8. The molecule has 106 valence electrons. The molecule has 0 fully saturated rings. The highest BCUT2D eigenvalue weighted by Gasteiger charge is 1.97. The Bertz CT molecular complexity index is 360. The molecule has 2 N–H and O–H groups in total. The van der Waals surface area contributed by atoms with Crippen LogP contribution in [0.15, 0.2) is 24.3 Å². The van der Waals surface area contributed by atoms with E-state index in [1.807, 2.05) is 0 Å². The minimum absolute atomic E-state index is 0.722. The number of hydrogen-bond donors (Lipinski definition) is 2. The first-order valence-corrected chi connectivity index (χ1v) is 7.81. The van der Waals surface area contributed by atoms with E-state index in [1.54, 1.807) is 0 Å². The van der Waals surface area contributed by atoms with Crippen molar-refractivity contribution >= 4 is 23.0 Å². The Hall–Kier alpha value is -1.09. The molecule has 0 heterocycles. The predicted molar refractivity (Wildman–Crippen MR) is 88.8 cm³/mol. The summed E-state index contributed by atoms with van der Waals surface area (Å²) in [6, 6.07) is 8.42. The van der Waals surface area contributed by atoms with Crippen LogP contribution < -0.4 is 10.6 Å². The van der Waals surface area contributed by atoms with Gasteiger partial charge in [-0.1, -0.05) is 51.7 Å². The second kappa shape index (κ2) is 9.79. The maximum absolute atomic E-state index is 5.28. The van der Waals surface area contributed by atoms with Gasteiger partial charge in [-0.15, -0.1) is 0 Å². The van der Waals surface area contributed by atoms with Gasteiger partial charge in [-0.05, 0) is 42.8 Å². The number of thiocarbonyl (C=S) groups is 1. The molecular formula is C16H26N2S. The summed E-state index contributed by atoms with van der Waals surface area (Å²) >= 11 is 5.28. The molecule has 0 unspecified atom stereocenters. The van der Waals surface area contributed by atoms with E-state index >= 15 is 0 Å². The third-order valence-corrected chi connectivity index (χ3v) is 3.43. The van der Waals surface area contributed by atoms with Crippen molar-refractivity contribution in [1.82, 2.24) is 5.32 Å². The van der Waals surface area contributed by atoms with Crippen LogP contribution in [0.1, 0.15) is 51.5 Å². The molecule has 0 spiro atoms. The van der Waals surface area contributed by atoms with Crippen molar-refractivity contribution in [3.05, 3.63) is 29.8 Å². The molecule has 1 rings (SSSR count). The maximum atomic E-state index is 5.28. The van der Waals surface area contributed by atoms with Gasteiger partial charge in [-0.3, -0.25) is 0 Å². The zero-order valence-corrected chi connectivity index (χ0v) is 13.0. The van der Waals surface area contributed by atoms with Gasteiger partial charge in [0.25, 0.3) is 0 Å². The van der Waals surface area contributed by atoms with Crippen LogP contribution in [0.5, 0.6) is 0 Å². The van der Waals surface area contributed by atoms with Crippen molar-refractivity contribution in [3.63, 3.8) is 0 Å². The molecule has 0 aliphatic heterocycles. The Morgan fingerprint density at radius 3 is 2.32 bits per heavy atom. The minimum Gasteiger partial charge on any atom is -0.362 e. The second-order valence-electron chi connectivity index (χ2n) is 4.85. The van der Waals surface area contributed by atoms with E-state index in [2.05, 4.69) is 48.7 Å². The fourth-order valence-electron chi connectivity index (χ4n) is 1.93. The zero-order chi connectivity index (χ0) is 13.9. The van der Waals surface area contributed by atoms with Crippen molar-refractivity contribution < 1.29 is 0 Å². The van der Waals surface area contributed by atoms with Crippen LogP contribution >= 0.6 is 12.2 Å². The molecule has 1 aromatic carbocycles. The summed E-state index contributed by atoms with van der Waals surface area (Å²) in [5, 5.41) is 7.19. The van der Waals surface area contributed by atoms with E-state index in [9.17, 15) is 0 Å². The summed E-state index contributed by atoms with van der Waals surface area (Å²) in [4.78, 5) is 0. The average Bonchev–Trinajstić information content (AvgIpc) is 2.43. The highest BCUT2D eigenvalue weighted by atomic mass is 32.1. The van der Waals surface area contributed by atoms with Crippen molar-refractivity contribution in [2.75, 3.05) is 11.9 Å². The summed E-state index contributed by atoms with van der Waals surface area (Å²) in [7, 11) is 0.